The van der Waals surface area contributed by atoms with Crippen molar-refractivity contribution in [1.82, 2.24) is 4.98 Å². The molecule has 0 amide bonds. The van der Waals surface area contributed by atoms with E-state index in [-0.39, 0.29) is 6.04 Å². The highest BCUT2D eigenvalue weighted by Gasteiger charge is 2.23. The van der Waals surface area contributed by atoms with Crippen LogP contribution in [0.2, 0.25) is 0 Å². The Morgan fingerprint density at radius 1 is 0.885 bits per heavy atom. The van der Waals surface area contributed by atoms with Crippen molar-refractivity contribution in [2.75, 3.05) is 19.1 Å². The summed E-state index contributed by atoms with van der Waals surface area (Å²) in [6.45, 7) is 0. The van der Waals surface area contributed by atoms with Gasteiger partial charge in [0.25, 0.3) is 0 Å². The van der Waals surface area contributed by atoms with Gasteiger partial charge in [0.2, 0.25) is 0 Å². The van der Waals surface area contributed by atoms with Gasteiger partial charge in [-0.15, -0.1) is 0 Å². The normalized spacial score (nSPS) is 12.1. The average molecular weight is 342 g/mol. The molecule has 0 spiro atoms. The van der Waals surface area contributed by atoms with E-state index in [2.05, 4.69) is 89.9 Å². The highest BCUT2D eigenvalue weighted by molar-refractivity contribution is 5.86. The number of anilines is 1. The van der Waals surface area contributed by atoms with E-state index in [1.165, 1.54) is 22.2 Å². The molecule has 0 fully saturated rings. The Kier molecular flexibility index (Phi) is 4.36. The summed E-state index contributed by atoms with van der Waals surface area (Å²) >= 11 is 0. The molecule has 0 saturated heterocycles. The number of methoxy groups -OCH3 is 1. The quantitative estimate of drug-likeness (QED) is 0.526. The van der Waals surface area contributed by atoms with Gasteiger partial charge < -0.3 is 14.6 Å². The number of nitrogens with zero attached hydrogens (tertiary/aromatic N) is 1. The molecule has 0 aliphatic rings. The molecule has 1 N–H and O–H groups in total. The Balaban J connectivity index is 1.89. The summed E-state index contributed by atoms with van der Waals surface area (Å²) < 4.78 is 5.45. The molecule has 4 rings (SSSR count). The number of para-hydroxylation sites is 1. The van der Waals surface area contributed by atoms with Crippen LogP contribution in [0.5, 0.6) is 5.75 Å². The standard InChI is InChI=1S/C23H22N2O/c1-25(18-11-7-4-8-12-18)23(17-9-5-3-6-10-17)21-16-24-22-14-13-19(26-2)15-20(21)22/h3-16,23-24H,1-2H3. The van der Waals surface area contributed by atoms with E-state index in [0.717, 1.165) is 11.3 Å². The number of nitrogens with one attached hydrogen (secondary N) is 1. The average Bonchev–Trinajstić information content (AvgIpc) is 3.12. The van der Waals surface area contributed by atoms with Crippen LogP contribution in [-0.4, -0.2) is 19.1 Å². The van der Waals surface area contributed by atoms with Crippen LogP contribution in [0.1, 0.15) is 17.2 Å². The van der Waals surface area contributed by atoms with Gasteiger partial charge in [-0.05, 0) is 35.9 Å². The molecule has 3 nitrogen and oxygen atoms in total. The summed E-state index contributed by atoms with van der Waals surface area (Å²) in [5.41, 5.74) is 4.78. The molecule has 0 aliphatic carbocycles. The fourth-order valence-corrected chi connectivity index (χ4v) is 3.53. The predicted octanol–water partition coefficient (Wildman–Crippen LogP) is 5.40. The fraction of sp³-hybridized carbons (Fsp3) is 0.130. The lowest BCUT2D eigenvalue weighted by Crippen LogP contribution is -2.25. The van der Waals surface area contributed by atoms with Crippen LogP contribution >= 0.6 is 0 Å². The van der Waals surface area contributed by atoms with Crippen molar-refractivity contribution in [3.8, 4) is 5.75 Å². The second-order valence-electron chi connectivity index (χ2n) is 6.42. The summed E-state index contributed by atoms with van der Waals surface area (Å²) in [5, 5.41) is 1.18. The largest absolute Gasteiger partial charge is 0.497 e. The first-order chi connectivity index (χ1) is 12.8. The van der Waals surface area contributed by atoms with E-state index < -0.39 is 0 Å². The van der Waals surface area contributed by atoms with Gasteiger partial charge in [0.15, 0.2) is 0 Å². The van der Waals surface area contributed by atoms with Crippen molar-refractivity contribution in [2.24, 2.45) is 0 Å². The van der Waals surface area contributed by atoms with Crippen molar-refractivity contribution in [3.63, 3.8) is 0 Å². The molecular weight excluding hydrogens is 320 g/mol. The zero-order chi connectivity index (χ0) is 17.9. The lowest BCUT2D eigenvalue weighted by Gasteiger charge is -2.30. The zero-order valence-corrected chi connectivity index (χ0v) is 15.0. The lowest BCUT2D eigenvalue weighted by atomic mass is 9.96. The summed E-state index contributed by atoms with van der Waals surface area (Å²) in [4.78, 5) is 5.73. The first-order valence-electron chi connectivity index (χ1n) is 8.76. The third-order valence-corrected chi connectivity index (χ3v) is 4.88. The second-order valence-corrected chi connectivity index (χ2v) is 6.42. The number of H-pyrrole nitrogens is 1. The van der Waals surface area contributed by atoms with E-state index in [0.29, 0.717) is 0 Å². The van der Waals surface area contributed by atoms with E-state index >= 15 is 0 Å². The van der Waals surface area contributed by atoms with Gasteiger partial charge in [-0.1, -0.05) is 48.5 Å². The Morgan fingerprint density at radius 2 is 1.58 bits per heavy atom. The van der Waals surface area contributed by atoms with Crippen LogP contribution in [0.15, 0.2) is 85.1 Å². The van der Waals surface area contributed by atoms with Crippen LogP contribution in [0.3, 0.4) is 0 Å². The monoisotopic (exact) mass is 342 g/mol. The van der Waals surface area contributed by atoms with Gasteiger partial charge in [-0.2, -0.15) is 0 Å². The van der Waals surface area contributed by atoms with E-state index in [1.54, 1.807) is 7.11 Å². The maximum absolute atomic E-state index is 5.45. The van der Waals surface area contributed by atoms with Crippen molar-refractivity contribution in [2.45, 2.75) is 6.04 Å². The minimum atomic E-state index is 0.0967. The van der Waals surface area contributed by atoms with Crippen LogP contribution in [0, 0.1) is 0 Å². The van der Waals surface area contributed by atoms with E-state index in [1.807, 2.05) is 12.1 Å². The van der Waals surface area contributed by atoms with Gasteiger partial charge in [0.1, 0.15) is 5.75 Å². The maximum atomic E-state index is 5.45. The van der Waals surface area contributed by atoms with Gasteiger partial charge in [0.05, 0.1) is 13.2 Å². The first-order valence-corrected chi connectivity index (χ1v) is 8.76. The smallest absolute Gasteiger partial charge is 0.119 e. The molecule has 3 heteroatoms. The molecule has 1 unspecified atom stereocenters. The van der Waals surface area contributed by atoms with Crippen molar-refractivity contribution < 1.29 is 4.74 Å². The Morgan fingerprint density at radius 3 is 2.27 bits per heavy atom. The molecular formula is C23H22N2O. The molecule has 1 aromatic heterocycles. The SMILES string of the molecule is COc1ccc2[nH]cc(C(c3ccccc3)N(C)c3ccccc3)c2c1. The second kappa shape index (κ2) is 6.96. The molecule has 1 heterocycles. The maximum Gasteiger partial charge on any atom is 0.119 e. The highest BCUT2D eigenvalue weighted by Crippen LogP contribution is 2.36. The number of hydrogen-bond donors (Lipinski definition) is 1. The summed E-state index contributed by atoms with van der Waals surface area (Å²) in [5.74, 6) is 0.868. The van der Waals surface area contributed by atoms with Crippen LogP contribution in [0.4, 0.5) is 5.69 Å². The Hall–Kier alpha value is -3.20. The first kappa shape index (κ1) is 16.3. The summed E-state index contributed by atoms with van der Waals surface area (Å²) in [6.07, 6.45) is 2.11. The Labute approximate surface area is 153 Å². The van der Waals surface area contributed by atoms with Gasteiger partial charge in [0, 0.05) is 35.4 Å². The zero-order valence-electron chi connectivity index (χ0n) is 15.0. The number of aromatic nitrogens is 1. The summed E-state index contributed by atoms with van der Waals surface area (Å²) in [6, 6.07) is 27.4. The predicted molar refractivity (Wildman–Crippen MR) is 108 cm³/mol. The molecule has 1 atom stereocenters. The number of benzene rings is 3. The number of aromatic amines is 1. The number of ether oxygens (including phenoxy) is 1. The third-order valence-electron chi connectivity index (χ3n) is 4.88. The van der Waals surface area contributed by atoms with Gasteiger partial charge >= 0.3 is 0 Å². The minimum Gasteiger partial charge on any atom is -0.497 e. The van der Waals surface area contributed by atoms with E-state index in [9.17, 15) is 0 Å². The highest BCUT2D eigenvalue weighted by atomic mass is 16.5. The van der Waals surface area contributed by atoms with Crippen LogP contribution in [0.25, 0.3) is 10.9 Å². The molecule has 0 aliphatic heterocycles. The molecule has 26 heavy (non-hydrogen) atoms. The number of rotatable bonds is 5. The van der Waals surface area contributed by atoms with Crippen LogP contribution in [-0.2, 0) is 0 Å². The topological polar surface area (TPSA) is 28.3 Å². The van der Waals surface area contributed by atoms with Crippen molar-refractivity contribution >= 4 is 16.6 Å². The van der Waals surface area contributed by atoms with Crippen molar-refractivity contribution in [3.05, 3.63) is 96.2 Å². The van der Waals surface area contributed by atoms with Crippen LogP contribution < -0.4 is 9.64 Å². The fourth-order valence-electron chi connectivity index (χ4n) is 3.53. The molecule has 0 saturated carbocycles. The van der Waals surface area contributed by atoms with Gasteiger partial charge in [-0.25, -0.2) is 0 Å². The molecule has 0 bridgehead atoms. The molecule has 4 aromatic rings. The number of fused-ring (bicyclic) bond motifs is 1. The lowest BCUT2D eigenvalue weighted by molar-refractivity contribution is 0.415. The van der Waals surface area contributed by atoms with E-state index in [4.69, 9.17) is 4.74 Å². The van der Waals surface area contributed by atoms with Gasteiger partial charge in [-0.3, -0.25) is 0 Å². The molecule has 3 aromatic carbocycles. The number of hydrogen-bond acceptors (Lipinski definition) is 2. The third kappa shape index (κ3) is 2.92. The Bertz CT molecular complexity index is 993. The minimum absolute atomic E-state index is 0.0967. The molecule has 130 valence electrons. The van der Waals surface area contributed by atoms with Crippen molar-refractivity contribution in [1.29, 1.82) is 0 Å². The summed E-state index contributed by atoms with van der Waals surface area (Å²) in [7, 11) is 3.85. The molecule has 0 radical (unpaired) electrons.